The van der Waals surface area contributed by atoms with E-state index in [1.807, 2.05) is 0 Å². The Bertz CT molecular complexity index is 379. The van der Waals surface area contributed by atoms with Crippen LogP contribution in [0.5, 0.6) is 0 Å². The summed E-state index contributed by atoms with van der Waals surface area (Å²) >= 11 is 5.51. The van der Waals surface area contributed by atoms with Crippen LogP contribution in [0.25, 0.3) is 0 Å². The summed E-state index contributed by atoms with van der Waals surface area (Å²) in [5.74, 6) is 0.303. The predicted octanol–water partition coefficient (Wildman–Crippen LogP) is 2.30. The molecule has 17 heavy (non-hydrogen) atoms. The molecule has 0 aliphatic heterocycles. The molecule has 1 rings (SSSR count). The highest BCUT2D eigenvalue weighted by atomic mass is 35.5. The molecule has 0 heterocycles. The van der Waals surface area contributed by atoms with Crippen molar-refractivity contribution in [1.82, 2.24) is 0 Å². The molecule has 2 N–H and O–H groups in total. The quantitative estimate of drug-likeness (QED) is 0.607. The van der Waals surface area contributed by atoms with Gasteiger partial charge >= 0.3 is 0 Å². The van der Waals surface area contributed by atoms with Crippen LogP contribution in [0.1, 0.15) is 41.8 Å². The maximum absolute atomic E-state index is 11.5. The number of ketones is 1. The van der Waals surface area contributed by atoms with Crippen molar-refractivity contribution in [2.75, 3.05) is 5.88 Å². The van der Waals surface area contributed by atoms with Crippen LogP contribution in [0.2, 0.25) is 0 Å². The Morgan fingerprint density at radius 2 is 2.12 bits per heavy atom. The fourth-order valence-electron chi connectivity index (χ4n) is 1.59. The molecule has 0 aliphatic carbocycles. The maximum Gasteiger partial charge on any atom is 0.162 e. The molecular formula is C13H17ClO3. The number of rotatable bonds is 6. The van der Waals surface area contributed by atoms with Gasteiger partial charge in [0.05, 0.1) is 6.10 Å². The number of benzene rings is 1. The van der Waals surface area contributed by atoms with Crippen LogP contribution in [0.4, 0.5) is 0 Å². The minimum absolute atomic E-state index is 0.0193. The zero-order valence-electron chi connectivity index (χ0n) is 9.77. The standard InChI is InChI=1S/C13H17ClO3/c1-2-11(15)9-4-3-5-10(8-9)13(17)12(16)6-7-14/h3-5,8,12-13,16-17H,2,6-7H2,1H3. The number of carbonyl (C=O) groups excluding carboxylic acids is 1. The molecule has 2 atom stereocenters. The number of halogens is 1. The molecule has 0 bridgehead atoms. The minimum Gasteiger partial charge on any atom is -0.390 e. The highest BCUT2D eigenvalue weighted by molar-refractivity contribution is 6.17. The van der Waals surface area contributed by atoms with Gasteiger partial charge in [-0.15, -0.1) is 11.6 Å². The van der Waals surface area contributed by atoms with Crippen molar-refractivity contribution in [2.24, 2.45) is 0 Å². The van der Waals surface area contributed by atoms with Crippen LogP contribution in [0.15, 0.2) is 24.3 Å². The van der Waals surface area contributed by atoms with E-state index in [1.54, 1.807) is 31.2 Å². The molecule has 0 amide bonds. The Morgan fingerprint density at radius 3 is 2.71 bits per heavy atom. The van der Waals surface area contributed by atoms with E-state index < -0.39 is 12.2 Å². The van der Waals surface area contributed by atoms with Crippen molar-refractivity contribution in [1.29, 1.82) is 0 Å². The second kappa shape index (κ2) is 6.74. The lowest BCUT2D eigenvalue weighted by atomic mass is 9.98. The van der Waals surface area contributed by atoms with E-state index in [0.717, 1.165) is 0 Å². The first-order valence-electron chi connectivity index (χ1n) is 5.65. The lowest BCUT2D eigenvalue weighted by molar-refractivity contribution is 0.0169. The molecule has 0 saturated heterocycles. The van der Waals surface area contributed by atoms with Gasteiger partial charge in [-0.1, -0.05) is 25.1 Å². The van der Waals surface area contributed by atoms with Crippen molar-refractivity contribution in [3.63, 3.8) is 0 Å². The summed E-state index contributed by atoms with van der Waals surface area (Å²) in [5.41, 5.74) is 1.10. The largest absolute Gasteiger partial charge is 0.390 e. The summed E-state index contributed by atoms with van der Waals surface area (Å²) in [4.78, 5) is 11.5. The molecule has 0 aliphatic rings. The molecule has 1 aromatic rings. The fraction of sp³-hybridized carbons (Fsp3) is 0.462. The Kier molecular flexibility index (Phi) is 5.62. The molecule has 0 aromatic heterocycles. The first kappa shape index (κ1) is 14.2. The van der Waals surface area contributed by atoms with Gasteiger partial charge in [0.15, 0.2) is 5.78 Å². The molecule has 0 radical (unpaired) electrons. The highest BCUT2D eigenvalue weighted by Gasteiger charge is 2.18. The van der Waals surface area contributed by atoms with E-state index in [0.29, 0.717) is 24.0 Å². The van der Waals surface area contributed by atoms with E-state index in [2.05, 4.69) is 0 Å². The lowest BCUT2D eigenvalue weighted by Gasteiger charge is -2.17. The molecule has 3 nitrogen and oxygen atoms in total. The van der Waals surface area contributed by atoms with Gasteiger partial charge < -0.3 is 10.2 Å². The third-order valence-electron chi connectivity index (χ3n) is 2.64. The van der Waals surface area contributed by atoms with Crippen LogP contribution in [0.3, 0.4) is 0 Å². The smallest absolute Gasteiger partial charge is 0.162 e. The van der Waals surface area contributed by atoms with Gasteiger partial charge in [0, 0.05) is 17.9 Å². The number of carbonyl (C=O) groups is 1. The third kappa shape index (κ3) is 3.80. The van der Waals surface area contributed by atoms with Crippen molar-refractivity contribution >= 4 is 17.4 Å². The number of aliphatic hydroxyl groups is 2. The molecule has 4 heteroatoms. The third-order valence-corrected chi connectivity index (χ3v) is 2.86. The summed E-state index contributed by atoms with van der Waals surface area (Å²) in [7, 11) is 0. The van der Waals surface area contributed by atoms with E-state index in [-0.39, 0.29) is 11.7 Å². The molecule has 0 saturated carbocycles. The second-order valence-electron chi connectivity index (χ2n) is 3.89. The average molecular weight is 257 g/mol. The van der Waals surface area contributed by atoms with Gasteiger partial charge in [0.25, 0.3) is 0 Å². The Morgan fingerprint density at radius 1 is 1.41 bits per heavy atom. The second-order valence-corrected chi connectivity index (χ2v) is 4.27. The van der Waals surface area contributed by atoms with Crippen LogP contribution in [-0.2, 0) is 0 Å². The van der Waals surface area contributed by atoms with Gasteiger partial charge in [-0.2, -0.15) is 0 Å². The minimum atomic E-state index is -1.00. The van der Waals surface area contributed by atoms with Crippen LogP contribution in [-0.4, -0.2) is 28.0 Å². The first-order chi connectivity index (χ1) is 8.10. The first-order valence-corrected chi connectivity index (χ1v) is 6.18. The molecule has 2 unspecified atom stereocenters. The van der Waals surface area contributed by atoms with E-state index >= 15 is 0 Å². The number of hydrogen-bond acceptors (Lipinski definition) is 3. The molecule has 0 fully saturated rings. The molecule has 0 spiro atoms. The van der Waals surface area contributed by atoms with Crippen LogP contribution in [0, 0.1) is 0 Å². The van der Waals surface area contributed by atoms with Gasteiger partial charge in [-0.25, -0.2) is 0 Å². The zero-order valence-corrected chi connectivity index (χ0v) is 10.5. The summed E-state index contributed by atoms with van der Waals surface area (Å²) in [6, 6.07) is 6.72. The SMILES string of the molecule is CCC(=O)c1cccc(C(O)C(O)CCCl)c1. The summed E-state index contributed by atoms with van der Waals surface area (Å²) in [6.07, 6.45) is -1.17. The van der Waals surface area contributed by atoms with E-state index in [9.17, 15) is 15.0 Å². The van der Waals surface area contributed by atoms with Gasteiger partial charge in [0.2, 0.25) is 0 Å². The number of Topliss-reactive ketones (excluding diaryl/α,β-unsaturated/α-hetero) is 1. The normalized spacial score (nSPS) is 14.4. The van der Waals surface area contributed by atoms with E-state index in [4.69, 9.17) is 11.6 Å². The zero-order chi connectivity index (χ0) is 12.8. The molecule has 1 aromatic carbocycles. The lowest BCUT2D eigenvalue weighted by Crippen LogP contribution is -2.19. The van der Waals surface area contributed by atoms with Crippen molar-refractivity contribution in [3.05, 3.63) is 35.4 Å². The number of hydrogen-bond donors (Lipinski definition) is 2. The van der Waals surface area contributed by atoms with Gasteiger partial charge in [-0.3, -0.25) is 4.79 Å². The topological polar surface area (TPSA) is 57.5 Å². The highest BCUT2D eigenvalue weighted by Crippen LogP contribution is 2.20. The van der Waals surface area contributed by atoms with Gasteiger partial charge in [-0.05, 0) is 18.1 Å². The summed E-state index contributed by atoms with van der Waals surface area (Å²) < 4.78 is 0. The predicted molar refractivity (Wildman–Crippen MR) is 67.4 cm³/mol. The number of alkyl halides is 1. The van der Waals surface area contributed by atoms with Gasteiger partial charge in [0.1, 0.15) is 6.10 Å². The molecular weight excluding hydrogens is 240 g/mol. The maximum atomic E-state index is 11.5. The monoisotopic (exact) mass is 256 g/mol. The Labute approximate surface area is 106 Å². The fourth-order valence-corrected chi connectivity index (χ4v) is 1.82. The Hall–Kier alpha value is -0.900. The van der Waals surface area contributed by atoms with E-state index in [1.165, 1.54) is 0 Å². The molecule has 94 valence electrons. The van der Waals surface area contributed by atoms with Crippen molar-refractivity contribution in [2.45, 2.75) is 32.0 Å². The summed E-state index contributed by atoms with van der Waals surface area (Å²) in [6.45, 7) is 1.79. The Balaban J connectivity index is 2.87. The van der Waals surface area contributed by atoms with Crippen molar-refractivity contribution < 1.29 is 15.0 Å². The van der Waals surface area contributed by atoms with Crippen LogP contribution < -0.4 is 0 Å². The average Bonchev–Trinajstić information content (AvgIpc) is 2.37. The van der Waals surface area contributed by atoms with Crippen molar-refractivity contribution in [3.8, 4) is 0 Å². The number of aliphatic hydroxyl groups excluding tert-OH is 2. The van der Waals surface area contributed by atoms with Crippen LogP contribution >= 0.6 is 11.6 Å². The summed E-state index contributed by atoms with van der Waals surface area (Å²) in [5, 5.41) is 19.5.